The van der Waals surface area contributed by atoms with Crippen LogP contribution in [0.5, 0.6) is 0 Å². The van der Waals surface area contributed by atoms with E-state index in [4.69, 9.17) is 10.5 Å². The fourth-order valence-electron chi connectivity index (χ4n) is 2.78. The molecule has 6 nitrogen and oxygen atoms in total. The number of benzene rings is 1. The maximum Gasteiger partial charge on any atom is 0.242 e. The number of hydrogen-bond acceptors (Lipinski definition) is 5. The summed E-state index contributed by atoms with van der Waals surface area (Å²) in [5, 5.41) is -1.09. The summed E-state index contributed by atoms with van der Waals surface area (Å²) in [6.07, 6.45) is 0.0905. The predicted octanol–water partition coefficient (Wildman–Crippen LogP) is 1.18. The van der Waals surface area contributed by atoms with Gasteiger partial charge in [0.25, 0.3) is 0 Å². The van der Waals surface area contributed by atoms with Crippen LogP contribution < -0.4 is 5.73 Å². The van der Waals surface area contributed by atoms with Crippen LogP contribution in [0, 0.1) is 11.6 Å². The van der Waals surface area contributed by atoms with Gasteiger partial charge >= 0.3 is 0 Å². The second kappa shape index (κ2) is 6.04. The Hall–Kier alpha value is -1.74. The molecule has 2 atom stereocenters. The molecule has 0 bridgehead atoms. The van der Waals surface area contributed by atoms with Crippen molar-refractivity contribution >= 4 is 16.0 Å². The van der Waals surface area contributed by atoms with Gasteiger partial charge in [-0.3, -0.25) is 0 Å². The van der Waals surface area contributed by atoms with Crippen LogP contribution in [0.4, 0.5) is 8.78 Å². The van der Waals surface area contributed by atoms with Gasteiger partial charge in [-0.1, -0.05) is 6.07 Å². The zero-order valence-electron chi connectivity index (χ0n) is 13.1. The molecule has 0 unspecified atom stereocenters. The largest absolute Gasteiger partial charge is 0.385 e. The zero-order chi connectivity index (χ0) is 17.4. The van der Waals surface area contributed by atoms with Crippen molar-refractivity contribution in [2.75, 3.05) is 20.8 Å². The molecule has 9 heteroatoms. The van der Waals surface area contributed by atoms with Crippen LogP contribution >= 0.6 is 0 Å². The molecule has 1 heterocycles. The van der Waals surface area contributed by atoms with Gasteiger partial charge < -0.3 is 10.5 Å². The first kappa shape index (κ1) is 17.6. The fraction of sp³-hybridized carbons (Fsp3) is 0.500. The Morgan fingerprint density at radius 2 is 2.09 bits per heavy atom. The quantitative estimate of drug-likeness (QED) is 0.886. The van der Waals surface area contributed by atoms with Crippen LogP contribution in [-0.4, -0.2) is 44.7 Å². The summed E-state index contributed by atoms with van der Waals surface area (Å²) in [6, 6.07) is 2.96. The lowest BCUT2D eigenvalue weighted by atomic mass is 9.87. The van der Waals surface area contributed by atoms with Gasteiger partial charge in [0, 0.05) is 32.4 Å². The van der Waals surface area contributed by atoms with Crippen molar-refractivity contribution < 1.29 is 21.9 Å². The van der Waals surface area contributed by atoms with Crippen molar-refractivity contribution in [2.45, 2.75) is 24.1 Å². The first-order valence-corrected chi connectivity index (χ1v) is 8.42. The molecule has 0 aromatic heterocycles. The number of aliphatic imine (C=N–C) groups is 1. The molecule has 0 amide bonds. The number of guanidine groups is 1. The number of rotatable bonds is 4. The number of hydrogen-bond donors (Lipinski definition) is 1. The SMILES string of the molecule is COCC[C@@H]1[C@@](C)(c2ccc(F)cc2F)N=C(N)N(C)S1(=O)=O. The molecule has 128 valence electrons. The lowest BCUT2D eigenvalue weighted by Crippen LogP contribution is -2.56. The van der Waals surface area contributed by atoms with E-state index in [1.54, 1.807) is 0 Å². The Labute approximate surface area is 134 Å². The minimum Gasteiger partial charge on any atom is -0.385 e. The minimum absolute atomic E-state index is 0.0281. The van der Waals surface area contributed by atoms with Crippen molar-refractivity contribution in [3.63, 3.8) is 0 Å². The van der Waals surface area contributed by atoms with Crippen LogP contribution in [0.1, 0.15) is 18.9 Å². The highest BCUT2D eigenvalue weighted by Crippen LogP contribution is 2.40. The Balaban J connectivity index is 2.67. The fourth-order valence-corrected chi connectivity index (χ4v) is 4.62. The van der Waals surface area contributed by atoms with Gasteiger partial charge in [-0.25, -0.2) is 26.5 Å². The molecule has 0 spiro atoms. The summed E-state index contributed by atoms with van der Waals surface area (Å²) < 4.78 is 58.7. The van der Waals surface area contributed by atoms with E-state index in [0.717, 1.165) is 10.4 Å². The molecule has 23 heavy (non-hydrogen) atoms. The van der Waals surface area contributed by atoms with Gasteiger partial charge in [-0.2, -0.15) is 0 Å². The van der Waals surface area contributed by atoms with E-state index in [0.29, 0.717) is 6.07 Å². The van der Waals surface area contributed by atoms with Crippen molar-refractivity contribution in [1.82, 2.24) is 4.31 Å². The van der Waals surface area contributed by atoms with E-state index in [9.17, 15) is 17.2 Å². The molecule has 0 fully saturated rings. The number of methoxy groups -OCH3 is 1. The maximum absolute atomic E-state index is 14.3. The Morgan fingerprint density at radius 3 is 2.65 bits per heavy atom. The standard InChI is InChI=1S/C14H19F2N3O3S/c1-14(10-5-4-9(15)8-11(10)16)12(6-7-22-3)23(20,21)19(2)13(17)18-14/h4-5,8,12H,6-7H2,1-3H3,(H2,17,18)/t12-,14-/m1/s1. The number of nitrogens with zero attached hydrogens (tertiary/aromatic N) is 2. The summed E-state index contributed by atoms with van der Waals surface area (Å²) in [7, 11) is -1.15. The van der Waals surface area contributed by atoms with E-state index in [-0.39, 0.29) is 24.6 Å². The van der Waals surface area contributed by atoms with Crippen LogP contribution in [0.2, 0.25) is 0 Å². The summed E-state index contributed by atoms with van der Waals surface area (Å²) in [6.45, 7) is 1.62. The van der Waals surface area contributed by atoms with Crippen LogP contribution in [0.15, 0.2) is 23.2 Å². The van der Waals surface area contributed by atoms with Crippen molar-refractivity contribution in [3.05, 3.63) is 35.4 Å². The minimum atomic E-state index is -3.87. The molecule has 2 N–H and O–H groups in total. The van der Waals surface area contributed by atoms with E-state index < -0.39 is 32.4 Å². The van der Waals surface area contributed by atoms with Gasteiger partial charge in [-0.15, -0.1) is 0 Å². The summed E-state index contributed by atoms with van der Waals surface area (Å²) in [4.78, 5) is 4.21. The average molecular weight is 347 g/mol. The zero-order valence-corrected chi connectivity index (χ0v) is 13.9. The average Bonchev–Trinajstić information content (AvgIpc) is 2.44. The molecule has 0 saturated heterocycles. The normalized spacial score (nSPS) is 26.9. The monoisotopic (exact) mass is 347 g/mol. The third-order valence-electron chi connectivity index (χ3n) is 4.10. The van der Waals surface area contributed by atoms with Gasteiger partial charge in [0.1, 0.15) is 22.4 Å². The van der Waals surface area contributed by atoms with Gasteiger partial charge in [0.05, 0.1) is 0 Å². The first-order valence-electron chi connectivity index (χ1n) is 6.92. The molecular weight excluding hydrogens is 328 g/mol. The second-order valence-corrected chi connectivity index (χ2v) is 7.67. The first-order chi connectivity index (χ1) is 10.6. The van der Waals surface area contributed by atoms with Crippen molar-refractivity contribution in [1.29, 1.82) is 0 Å². The Bertz CT molecular complexity index is 739. The predicted molar refractivity (Wildman–Crippen MR) is 82.3 cm³/mol. The van der Waals surface area contributed by atoms with E-state index in [2.05, 4.69) is 4.99 Å². The van der Waals surface area contributed by atoms with E-state index in [1.165, 1.54) is 27.1 Å². The summed E-state index contributed by atoms with van der Waals surface area (Å²) in [5.41, 5.74) is 4.20. The third-order valence-corrected chi connectivity index (χ3v) is 6.46. The van der Waals surface area contributed by atoms with Gasteiger partial charge in [-0.05, 0) is 19.4 Å². The Morgan fingerprint density at radius 1 is 1.43 bits per heavy atom. The van der Waals surface area contributed by atoms with Crippen molar-refractivity contribution in [2.24, 2.45) is 10.7 Å². The number of ether oxygens (including phenoxy) is 1. The highest BCUT2D eigenvalue weighted by atomic mass is 32.2. The number of nitrogens with two attached hydrogens (primary N) is 1. The molecule has 1 aromatic rings. The molecule has 0 saturated carbocycles. The van der Waals surface area contributed by atoms with E-state index >= 15 is 0 Å². The molecule has 1 aliphatic rings. The lowest BCUT2D eigenvalue weighted by molar-refractivity contribution is 0.183. The van der Waals surface area contributed by atoms with Crippen LogP contribution in [0.3, 0.4) is 0 Å². The highest BCUT2D eigenvalue weighted by molar-refractivity contribution is 7.90. The molecule has 2 rings (SSSR count). The van der Waals surface area contributed by atoms with Gasteiger partial charge in [0.2, 0.25) is 16.0 Å². The van der Waals surface area contributed by atoms with Gasteiger partial charge in [0.15, 0.2) is 0 Å². The third kappa shape index (κ3) is 2.90. The lowest BCUT2D eigenvalue weighted by Gasteiger charge is -2.41. The molecule has 1 aliphatic heterocycles. The Kier molecular flexibility index (Phi) is 4.63. The summed E-state index contributed by atoms with van der Waals surface area (Å²) in [5.74, 6) is -1.87. The van der Waals surface area contributed by atoms with Crippen LogP contribution in [-0.2, 0) is 20.3 Å². The molecule has 0 aliphatic carbocycles. The number of sulfonamides is 1. The topological polar surface area (TPSA) is 85.0 Å². The second-order valence-electron chi connectivity index (χ2n) is 5.52. The molecule has 0 radical (unpaired) electrons. The van der Waals surface area contributed by atoms with Crippen molar-refractivity contribution in [3.8, 4) is 0 Å². The smallest absolute Gasteiger partial charge is 0.242 e. The maximum atomic E-state index is 14.3. The summed E-state index contributed by atoms with van der Waals surface area (Å²) >= 11 is 0. The highest BCUT2D eigenvalue weighted by Gasteiger charge is 2.51. The van der Waals surface area contributed by atoms with E-state index in [1.807, 2.05) is 0 Å². The molecular formula is C14H19F2N3O3S. The number of halogens is 2. The van der Waals surface area contributed by atoms with Crippen LogP contribution in [0.25, 0.3) is 0 Å². The molecule has 1 aromatic carbocycles.